The van der Waals surface area contributed by atoms with Gasteiger partial charge in [-0.1, -0.05) is 35.9 Å². The molecule has 1 aliphatic rings. The minimum Gasteiger partial charge on any atom is -0.483 e. The monoisotopic (exact) mass is 304 g/mol. The highest BCUT2D eigenvalue weighted by Gasteiger charge is 2.32. The summed E-state index contributed by atoms with van der Waals surface area (Å²) in [6.45, 7) is 3.97. The fourth-order valence-electron chi connectivity index (χ4n) is 2.57. The summed E-state index contributed by atoms with van der Waals surface area (Å²) in [4.78, 5) is 0. The van der Waals surface area contributed by atoms with Crippen molar-refractivity contribution in [2.24, 2.45) is 0 Å². The molecular weight excluding hydrogens is 288 g/mol. The van der Waals surface area contributed by atoms with Crippen LogP contribution in [0.4, 0.5) is 0 Å². The van der Waals surface area contributed by atoms with Crippen molar-refractivity contribution < 1.29 is 14.6 Å². The van der Waals surface area contributed by atoms with Crippen LogP contribution in [0.3, 0.4) is 0 Å². The summed E-state index contributed by atoms with van der Waals surface area (Å²) in [5.41, 5.74) is 1.54. The smallest absolute Gasteiger partial charge is 0.169 e. The van der Waals surface area contributed by atoms with Crippen molar-refractivity contribution >= 4 is 11.6 Å². The van der Waals surface area contributed by atoms with E-state index in [2.05, 4.69) is 0 Å². The zero-order valence-corrected chi connectivity index (χ0v) is 12.8. The van der Waals surface area contributed by atoms with Crippen molar-refractivity contribution in [1.29, 1.82) is 0 Å². The minimum absolute atomic E-state index is 0.128. The van der Waals surface area contributed by atoms with Gasteiger partial charge in [0.2, 0.25) is 0 Å². The number of hydrogen-bond donors (Lipinski definition) is 1. The molecule has 0 spiro atoms. The molecule has 1 aliphatic heterocycles. The van der Waals surface area contributed by atoms with Crippen molar-refractivity contribution in [3.8, 4) is 17.2 Å². The van der Waals surface area contributed by atoms with Gasteiger partial charge in [-0.25, -0.2) is 0 Å². The van der Waals surface area contributed by atoms with Crippen LogP contribution in [0.25, 0.3) is 0 Å². The van der Waals surface area contributed by atoms with Crippen LogP contribution in [0.1, 0.15) is 25.0 Å². The Morgan fingerprint density at radius 1 is 1.24 bits per heavy atom. The second-order valence-corrected chi connectivity index (χ2v) is 6.18. The maximum Gasteiger partial charge on any atom is 0.169 e. The molecule has 0 aliphatic carbocycles. The SMILES string of the molecule is CC1(C)Cc2cccc(Oc3c(Cl)cccc3CO)c2O1. The summed E-state index contributed by atoms with van der Waals surface area (Å²) < 4.78 is 11.9. The second kappa shape index (κ2) is 5.24. The van der Waals surface area contributed by atoms with E-state index in [1.165, 1.54) is 0 Å². The van der Waals surface area contributed by atoms with Gasteiger partial charge in [0.15, 0.2) is 17.2 Å². The van der Waals surface area contributed by atoms with E-state index in [1.807, 2.05) is 32.0 Å². The van der Waals surface area contributed by atoms with E-state index in [4.69, 9.17) is 21.1 Å². The molecule has 2 aromatic rings. The molecule has 0 saturated carbocycles. The molecule has 110 valence electrons. The van der Waals surface area contributed by atoms with E-state index >= 15 is 0 Å². The Kier molecular flexibility index (Phi) is 3.56. The highest BCUT2D eigenvalue weighted by molar-refractivity contribution is 6.32. The zero-order valence-electron chi connectivity index (χ0n) is 12.0. The Hall–Kier alpha value is -1.71. The average Bonchev–Trinajstić information content (AvgIpc) is 2.76. The molecule has 1 N–H and O–H groups in total. The van der Waals surface area contributed by atoms with Crippen molar-refractivity contribution in [3.63, 3.8) is 0 Å². The lowest BCUT2D eigenvalue weighted by atomic mass is 10.0. The van der Waals surface area contributed by atoms with E-state index in [-0.39, 0.29) is 12.2 Å². The predicted octanol–water partition coefficient (Wildman–Crippen LogP) is 4.34. The molecule has 0 amide bonds. The summed E-state index contributed by atoms with van der Waals surface area (Å²) >= 11 is 6.19. The maximum atomic E-state index is 9.43. The molecule has 4 heteroatoms. The van der Waals surface area contributed by atoms with E-state index in [0.29, 0.717) is 22.1 Å². The van der Waals surface area contributed by atoms with Crippen LogP contribution in [-0.2, 0) is 13.0 Å². The number of aliphatic hydroxyl groups is 1. The van der Waals surface area contributed by atoms with E-state index in [0.717, 1.165) is 17.7 Å². The summed E-state index contributed by atoms with van der Waals surface area (Å²) in [5, 5.41) is 9.90. The standard InChI is InChI=1S/C17H17ClO3/c1-17(2)9-11-5-4-8-14(16(11)21-17)20-15-12(10-19)6-3-7-13(15)18/h3-8,19H,9-10H2,1-2H3. The van der Waals surface area contributed by atoms with Crippen LogP contribution in [0.2, 0.25) is 5.02 Å². The first kappa shape index (κ1) is 14.2. The number of fused-ring (bicyclic) bond motifs is 1. The van der Waals surface area contributed by atoms with Crippen LogP contribution >= 0.6 is 11.6 Å². The van der Waals surface area contributed by atoms with Gasteiger partial charge in [0, 0.05) is 17.5 Å². The molecule has 3 rings (SSSR count). The summed E-state index contributed by atoms with van der Waals surface area (Å²) in [5.74, 6) is 1.86. The first-order valence-corrected chi connectivity index (χ1v) is 7.25. The van der Waals surface area contributed by atoms with Gasteiger partial charge < -0.3 is 14.6 Å². The van der Waals surface area contributed by atoms with E-state index < -0.39 is 0 Å². The van der Waals surface area contributed by atoms with Crippen LogP contribution in [-0.4, -0.2) is 10.7 Å². The highest BCUT2D eigenvalue weighted by Crippen LogP contribution is 2.44. The Labute approximate surface area is 129 Å². The topological polar surface area (TPSA) is 38.7 Å². The highest BCUT2D eigenvalue weighted by atomic mass is 35.5. The summed E-state index contributed by atoms with van der Waals surface area (Å²) in [7, 11) is 0. The third kappa shape index (κ3) is 2.71. The van der Waals surface area contributed by atoms with Gasteiger partial charge in [0.25, 0.3) is 0 Å². The van der Waals surface area contributed by atoms with Crippen molar-refractivity contribution in [3.05, 3.63) is 52.5 Å². The Morgan fingerprint density at radius 3 is 2.76 bits per heavy atom. The lowest BCUT2D eigenvalue weighted by Gasteiger charge is -2.19. The number of halogens is 1. The molecule has 0 radical (unpaired) electrons. The predicted molar refractivity (Wildman–Crippen MR) is 82.3 cm³/mol. The van der Waals surface area contributed by atoms with Crippen LogP contribution in [0, 0.1) is 0 Å². The van der Waals surface area contributed by atoms with Crippen molar-refractivity contribution in [2.45, 2.75) is 32.5 Å². The molecule has 2 aromatic carbocycles. The minimum atomic E-state index is -0.234. The molecule has 0 aromatic heterocycles. The Bertz CT molecular complexity index is 680. The lowest BCUT2D eigenvalue weighted by molar-refractivity contribution is 0.135. The quantitative estimate of drug-likeness (QED) is 0.917. The number of rotatable bonds is 3. The van der Waals surface area contributed by atoms with Gasteiger partial charge in [-0.05, 0) is 26.0 Å². The Morgan fingerprint density at radius 2 is 2.00 bits per heavy atom. The van der Waals surface area contributed by atoms with E-state index in [9.17, 15) is 5.11 Å². The van der Waals surface area contributed by atoms with Crippen molar-refractivity contribution in [1.82, 2.24) is 0 Å². The third-order valence-electron chi connectivity index (χ3n) is 3.49. The zero-order chi connectivity index (χ0) is 15.0. The second-order valence-electron chi connectivity index (χ2n) is 5.77. The molecule has 0 atom stereocenters. The van der Waals surface area contributed by atoms with Crippen LogP contribution < -0.4 is 9.47 Å². The number of hydrogen-bond acceptors (Lipinski definition) is 3. The Balaban J connectivity index is 2.00. The first-order chi connectivity index (χ1) is 10.00. The van der Waals surface area contributed by atoms with Gasteiger partial charge in [-0.15, -0.1) is 0 Å². The molecule has 0 saturated heterocycles. The number of benzene rings is 2. The molecule has 0 fully saturated rings. The number of ether oxygens (including phenoxy) is 2. The third-order valence-corrected chi connectivity index (χ3v) is 3.78. The number of aliphatic hydroxyl groups excluding tert-OH is 1. The molecule has 0 bridgehead atoms. The van der Waals surface area contributed by atoms with Crippen molar-refractivity contribution in [2.75, 3.05) is 0 Å². The molecule has 0 unspecified atom stereocenters. The van der Waals surface area contributed by atoms with Gasteiger partial charge in [-0.3, -0.25) is 0 Å². The summed E-state index contributed by atoms with van der Waals surface area (Å²) in [6.07, 6.45) is 0.842. The summed E-state index contributed by atoms with van der Waals surface area (Å²) in [6, 6.07) is 11.1. The van der Waals surface area contributed by atoms with Gasteiger partial charge >= 0.3 is 0 Å². The fraction of sp³-hybridized carbons (Fsp3) is 0.294. The van der Waals surface area contributed by atoms with E-state index in [1.54, 1.807) is 18.2 Å². The van der Waals surface area contributed by atoms with Crippen LogP contribution in [0.5, 0.6) is 17.2 Å². The maximum absolute atomic E-state index is 9.43. The normalized spacial score (nSPS) is 15.4. The largest absolute Gasteiger partial charge is 0.483 e. The molecular formula is C17H17ClO3. The number of para-hydroxylation sites is 2. The lowest BCUT2D eigenvalue weighted by Crippen LogP contribution is -2.24. The average molecular weight is 305 g/mol. The molecule has 3 nitrogen and oxygen atoms in total. The van der Waals surface area contributed by atoms with Crippen LogP contribution in [0.15, 0.2) is 36.4 Å². The molecule has 21 heavy (non-hydrogen) atoms. The van der Waals surface area contributed by atoms with Gasteiger partial charge in [0.05, 0.1) is 11.6 Å². The molecule has 1 heterocycles. The fourth-order valence-corrected chi connectivity index (χ4v) is 2.80. The van der Waals surface area contributed by atoms with Gasteiger partial charge in [0.1, 0.15) is 5.60 Å². The van der Waals surface area contributed by atoms with Gasteiger partial charge in [-0.2, -0.15) is 0 Å². The first-order valence-electron chi connectivity index (χ1n) is 6.87.